The van der Waals surface area contributed by atoms with Gasteiger partial charge in [-0.25, -0.2) is 4.98 Å². The molecular weight excluding hydrogens is 354 g/mol. The molecular formula is C21H29N5O2. The van der Waals surface area contributed by atoms with Crippen molar-refractivity contribution in [3.8, 4) is 11.5 Å². The number of hydrogen-bond donors (Lipinski definition) is 3. The summed E-state index contributed by atoms with van der Waals surface area (Å²) in [5.41, 5.74) is 7.43. The van der Waals surface area contributed by atoms with Crippen LogP contribution in [0.2, 0.25) is 0 Å². The van der Waals surface area contributed by atoms with E-state index in [4.69, 9.17) is 10.5 Å². The molecule has 0 spiro atoms. The number of nitrogens with zero attached hydrogens (tertiary/aromatic N) is 2. The van der Waals surface area contributed by atoms with Gasteiger partial charge in [0.1, 0.15) is 17.3 Å². The number of pyridine rings is 1. The number of hydrogen-bond acceptors (Lipinski definition) is 6. The van der Waals surface area contributed by atoms with Gasteiger partial charge in [-0.15, -0.1) is 0 Å². The van der Waals surface area contributed by atoms with Crippen molar-refractivity contribution in [3.05, 3.63) is 36.5 Å². The van der Waals surface area contributed by atoms with Gasteiger partial charge in [-0.2, -0.15) is 0 Å². The van der Waals surface area contributed by atoms with Crippen LogP contribution in [0.5, 0.6) is 11.5 Å². The number of aromatic nitrogens is 1. The molecule has 28 heavy (non-hydrogen) atoms. The SMILES string of the molecule is CNc1ccc(Oc2ccnc(NC(=O)C3CCN(C(C)C)CC3)c2)cc1N. The Kier molecular flexibility index (Phi) is 6.36. The van der Waals surface area contributed by atoms with Crippen LogP contribution in [0, 0.1) is 5.92 Å². The van der Waals surface area contributed by atoms with Gasteiger partial charge in [-0.3, -0.25) is 4.79 Å². The Balaban J connectivity index is 1.60. The maximum Gasteiger partial charge on any atom is 0.228 e. The second-order valence-corrected chi connectivity index (χ2v) is 7.37. The highest BCUT2D eigenvalue weighted by Crippen LogP contribution is 2.29. The monoisotopic (exact) mass is 383 g/mol. The van der Waals surface area contributed by atoms with Gasteiger partial charge in [0.15, 0.2) is 0 Å². The molecule has 2 aromatic rings. The van der Waals surface area contributed by atoms with Crippen molar-refractivity contribution in [1.29, 1.82) is 0 Å². The molecule has 1 aliphatic heterocycles. The molecule has 0 aliphatic carbocycles. The van der Waals surface area contributed by atoms with Crippen LogP contribution in [0.15, 0.2) is 36.5 Å². The Morgan fingerprint density at radius 3 is 2.57 bits per heavy atom. The number of nitrogens with two attached hydrogens (primary N) is 1. The molecule has 0 radical (unpaired) electrons. The van der Waals surface area contributed by atoms with Crippen LogP contribution in [0.4, 0.5) is 17.2 Å². The maximum absolute atomic E-state index is 12.6. The van der Waals surface area contributed by atoms with Crippen LogP contribution < -0.4 is 21.1 Å². The summed E-state index contributed by atoms with van der Waals surface area (Å²) < 4.78 is 5.86. The Bertz CT molecular complexity index is 816. The first kappa shape index (κ1) is 19.9. The fourth-order valence-corrected chi connectivity index (χ4v) is 3.42. The van der Waals surface area contributed by atoms with Crippen molar-refractivity contribution >= 4 is 23.1 Å². The van der Waals surface area contributed by atoms with E-state index in [1.807, 2.05) is 19.2 Å². The molecule has 2 heterocycles. The molecule has 4 N–H and O–H groups in total. The van der Waals surface area contributed by atoms with E-state index in [1.165, 1.54) is 0 Å². The number of carbonyl (C=O) groups excluding carboxylic acids is 1. The first-order chi connectivity index (χ1) is 13.5. The molecule has 7 nitrogen and oxygen atoms in total. The lowest BCUT2D eigenvalue weighted by molar-refractivity contribution is -0.121. The summed E-state index contributed by atoms with van der Waals surface area (Å²) in [6, 6.07) is 9.45. The summed E-state index contributed by atoms with van der Waals surface area (Å²) in [5.74, 6) is 1.76. The Labute approximate surface area is 166 Å². The predicted molar refractivity (Wildman–Crippen MR) is 113 cm³/mol. The van der Waals surface area contributed by atoms with E-state index in [2.05, 4.69) is 34.4 Å². The number of ether oxygens (including phenoxy) is 1. The number of carbonyl (C=O) groups is 1. The lowest BCUT2D eigenvalue weighted by atomic mass is 9.95. The minimum atomic E-state index is 0.0234. The van der Waals surface area contributed by atoms with E-state index < -0.39 is 0 Å². The first-order valence-electron chi connectivity index (χ1n) is 9.72. The second kappa shape index (κ2) is 8.93. The standard InChI is InChI=1S/C21H29N5O2/c1-14(2)26-10-7-15(8-11-26)21(27)25-20-13-17(6-9-24-20)28-16-4-5-19(23-3)18(22)12-16/h4-6,9,12-15,23H,7-8,10-11,22H2,1-3H3,(H,24,25,27). The summed E-state index contributed by atoms with van der Waals surface area (Å²) in [4.78, 5) is 19.2. The van der Waals surface area contributed by atoms with Gasteiger partial charge < -0.3 is 26.0 Å². The molecule has 7 heteroatoms. The van der Waals surface area contributed by atoms with Crippen molar-refractivity contribution < 1.29 is 9.53 Å². The van der Waals surface area contributed by atoms with E-state index >= 15 is 0 Å². The predicted octanol–water partition coefficient (Wildman–Crippen LogP) is 3.56. The average Bonchev–Trinajstić information content (AvgIpc) is 2.68. The van der Waals surface area contributed by atoms with Crippen molar-refractivity contribution in [3.63, 3.8) is 0 Å². The number of piperidine rings is 1. The smallest absolute Gasteiger partial charge is 0.228 e. The van der Waals surface area contributed by atoms with Crippen LogP contribution in [-0.4, -0.2) is 42.0 Å². The number of nitrogen functional groups attached to an aromatic ring is 1. The fraction of sp³-hybridized carbons (Fsp3) is 0.429. The fourth-order valence-electron chi connectivity index (χ4n) is 3.42. The third kappa shape index (κ3) is 4.92. The normalized spacial score (nSPS) is 15.4. The third-order valence-corrected chi connectivity index (χ3v) is 5.14. The Morgan fingerprint density at radius 1 is 1.21 bits per heavy atom. The molecule has 3 rings (SSSR count). The minimum absolute atomic E-state index is 0.0234. The van der Waals surface area contributed by atoms with Gasteiger partial charge in [0, 0.05) is 37.3 Å². The number of likely N-dealkylation sites (tertiary alicyclic amines) is 1. The molecule has 150 valence electrons. The highest BCUT2D eigenvalue weighted by molar-refractivity contribution is 5.91. The van der Waals surface area contributed by atoms with E-state index in [-0.39, 0.29) is 11.8 Å². The number of benzene rings is 1. The minimum Gasteiger partial charge on any atom is -0.457 e. The summed E-state index contributed by atoms with van der Waals surface area (Å²) in [7, 11) is 1.82. The van der Waals surface area contributed by atoms with Crippen molar-refractivity contribution in [2.45, 2.75) is 32.7 Å². The quantitative estimate of drug-likeness (QED) is 0.661. The topological polar surface area (TPSA) is 92.5 Å². The van der Waals surface area contributed by atoms with E-state index in [0.29, 0.717) is 29.0 Å². The van der Waals surface area contributed by atoms with Crippen LogP contribution in [0.1, 0.15) is 26.7 Å². The Hall–Kier alpha value is -2.80. The van der Waals surface area contributed by atoms with E-state index in [9.17, 15) is 4.79 Å². The Morgan fingerprint density at radius 2 is 1.93 bits per heavy atom. The highest BCUT2D eigenvalue weighted by atomic mass is 16.5. The highest BCUT2D eigenvalue weighted by Gasteiger charge is 2.26. The van der Waals surface area contributed by atoms with Gasteiger partial charge >= 0.3 is 0 Å². The number of rotatable bonds is 6. The molecule has 0 atom stereocenters. The van der Waals surface area contributed by atoms with E-state index in [1.54, 1.807) is 24.4 Å². The second-order valence-electron chi connectivity index (χ2n) is 7.37. The lowest BCUT2D eigenvalue weighted by Gasteiger charge is -2.33. The molecule has 1 amide bonds. The molecule has 1 aliphatic rings. The largest absolute Gasteiger partial charge is 0.457 e. The summed E-state index contributed by atoms with van der Waals surface area (Å²) in [6.45, 7) is 6.29. The van der Waals surface area contributed by atoms with Crippen molar-refractivity contribution in [1.82, 2.24) is 9.88 Å². The molecule has 0 bridgehead atoms. The zero-order valence-electron chi connectivity index (χ0n) is 16.7. The molecule has 0 saturated carbocycles. The number of nitrogens with one attached hydrogen (secondary N) is 2. The van der Waals surface area contributed by atoms with Gasteiger partial charge in [0.05, 0.1) is 11.4 Å². The first-order valence-corrected chi connectivity index (χ1v) is 9.72. The van der Waals surface area contributed by atoms with Crippen LogP contribution in [0.3, 0.4) is 0 Å². The molecule has 1 saturated heterocycles. The number of anilines is 3. The summed E-state index contributed by atoms with van der Waals surface area (Å²) >= 11 is 0. The van der Waals surface area contributed by atoms with Crippen LogP contribution in [-0.2, 0) is 4.79 Å². The van der Waals surface area contributed by atoms with Gasteiger partial charge in [0.2, 0.25) is 5.91 Å². The van der Waals surface area contributed by atoms with Crippen molar-refractivity contribution in [2.24, 2.45) is 5.92 Å². The maximum atomic E-state index is 12.6. The zero-order chi connectivity index (χ0) is 20.1. The molecule has 1 aromatic carbocycles. The molecule has 1 fully saturated rings. The lowest BCUT2D eigenvalue weighted by Crippen LogP contribution is -2.41. The van der Waals surface area contributed by atoms with Gasteiger partial charge in [-0.1, -0.05) is 0 Å². The zero-order valence-corrected chi connectivity index (χ0v) is 16.7. The van der Waals surface area contributed by atoms with Gasteiger partial charge in [-0.05, 0) is 58.0 Å². The van der Waals surface area contributed by atoms with Crippen molar-refractivity contribution in [2.75, 3.05) is 36.5 Å². The van der Waals surface area contributed by atoms with E-state index in [0.717, 1.165) is 31.6 Å². The summed E-state index contributed by atoms with van der Waals surface area (Å²) in [6.07, 6.45) is 3.37. The molecule has 1 aromatic heterocycles. The van der Waals surface area contributed by atoms with Crippen LogP contribution in [0.25, 0.3) is 0 Å². The number of amides is 1. The summed E-state index contributed by atoms with van der Waals surface area (Å²) in [5, 5.41) is 5.94. The third-order valence-electron chi connectivity index (χ3n) is 5.14. The van der Waals surface area contributed by atoms with Gasteiger partial charge in [0.25, 0.3) is 0 Å². The molecule has 0 unspecified atom stereocenters. The van der Waals surface area contributed by atoms with Crippen LogP contribution >= 0.6 is 0 Å². The average molecular weight is 383 g/mol.